The third kappa shape index (κ3) is 1.96. The molecule has 2 aromatic heterocycles. The van der Waals surface area contributed by atoms with Gasteiger partial charge in [-0.05, 0) is 35.4 Å². The highest BCUT2D eigenvalue weighted by molar-refractivity contribution is 7.07. The molecule has 0 saturated carbocycles. The molecule has 18 heavy (non-hydrogen) atoms. The Kier molecular flexibility index (Phi) is 2.94. The monoisotopic (exact) mass is 258 g/mol. The quantitative estimate of drug-likeness (QED) is 0.768. The lowest BCUT2D eigenvalue weighted by molar-refractivity contribution is 0.178. The summed E-state index contributed by atoms with van der Waals surface area (Å²) in [6, 6.07) is 9.89. The van der Waals surface area contributed by atoms with Gasteiger partial charge in [-0.15, -0.1) is 0 Å². The molecule has 92 valence electrons. The Morgan fingerprint density at radius 3 is 2.89 bits per heavy atom. The van der Waals surface area contributed by atoms with Crippen LogP contribution in [0.2, 0.25) is 0 Å². The predicted octanol–water partition coefficient (Wildman–Crippen LogP) is 4.08. The fourth-order valence-electron chi connectivity index (χ4n) is 2.34. The number of aliphatic hydroxyl groups is 1. The van der Waals surface area contributed by atoms with Gasteiger partial charge in [0.15, 0.2) is 0 Å². The van der Waals surface area contributed by atoms with Crippen LogP contribution in [-0.4, -0.2) is 5.11 Å². The lowest BCUT2D eigenvalue weighted by Gasteiger charge is -2.09. The molecule has 1 N–H and O–H groups in total. The van der Waals surface area contributed by atoms with Crippen molar-refractivity contribution in [3.8, 4) is 0 Å². The van der Waals surface area contributed by atoms with E-state index in [-0.39, 0.29) is 0 Å². The molecule has 0 bridgehead atoms. The van der Waals surface area contributed by atoms with Gasteiger partial charge in [-0.25, -0.2) is 0 Å². The van der Waals surface area contributed by atoms with Gasteiger partial charge in [-0.3, -0.25) is 0 Å². The maximum absolute atomic E-state index is 10.4. The minimum absolute atomic E-state index is 0.511. The summed E-state index contributed by atoms with van der Waals surface area (Å²) in [6.45, 7) is 1.91. The SMILES string of the molecule is Cc1oc2ccccc2c1C(O)Cc1ccsc1. The second-order valence-electron chi connectivity index (χ2n) is 4.42. The van der Waals surface area contributed by atoms with Gasteiger partial charge in [-0.2, -0.15) is 11.3 Å². The van der Waals surface area contributed by atoms with Crippen LogP contribution in [0.3, 0.4) is 0 Å². The lowest BCUT2D eigenvalue weighted by atomic mass is 10.0. The largest absolute Gasteiger partial charge is 0.461 e. The summed E-state index contributed by atoms with van der Waals surface area (Å²) in [7, 11) is 0. The second-order valence-corrected chi connectivity index (χ2v) is 5.20. The predicted molar refractivity (Wildman–Crippen MR) is 73.9 cm³/mol. The number of aliphatic hydroxyl groups excluding tert-OH is 1. The number of furan rings is 1. The molecule has 3 rings (SSSR count). The van der Waals surface area contributed by atoms with E-state index in [2.05, 4.69) is 5.38 Å². The molecule has 0 radical (unpaired) electrons. The number of hydrogen-bond acceptors (Lipinski definition) is 3. The van der Waals surface area contributed by atoms with Gasteiger partial charge in [0.1, 0.15) is 11.3 Å². The smallest absolute Gasteiger partial charge is 0.134 e. The van der Waals surface area contributed by atoms with Crippen molar-refractivity contribution in [2.45, 2.75) is 19.4 Å². The molecule has 0 fully saturated rings. The highest BCUT2D eigenvalue weighted by Gasteiger charge is 2.18. The molecule has 1 unspecified atom stereocenters. The zero-order valence-electron chi connectivity index (χ0n) is 10.1. The van der Waals surface area contributed by atoms with Crippen LogP contribution in [0.1, 0.15) is 23.0 Å². The molecule has 3 aromatic rings. The molecule has 3 heteroatoms. The van der Waals surface area contributed by atoms with E-state index in [0.717, 1.165) is 27.9 Å². The Hall–Kier alpha value is -1.58. The standard InChI is InChI=1S/C15H14O2S/c1-10-15(12-4-2-3-5-14(12)17-10)13(16)8-11-6-7-18-9-11/h2-7,9,13,16H,8H2,1H3. The first-order chi connectivity index (χ1) is 8.75. The summed E-state index contributed by atoms with van der Waals surface area (Å²) in [4.78, 5) is 0. The molecule has 1 aromatic carbocycles. The first-order valence-electron chi connectivity index (χ1n) is 5.93. The van der Waals surface area contributed by atoms with Crippen LogP contribution in [0, 0.1) is 6.92 Å². The number of benzene rings is 1. The summed E-state index contributed by atoms with van der Waals surface area (Å²) >= 11 is 1.65. The van der Waals surface area contributed by atoms with Crippen LogP contribution in [0.5, 0.6) is 0 Å². The molecule has 1 atom stereocenters. The van der Waals surface area contributed by atoms with Gasteiger partial charge in [0.2, 0.25) is 0 Å². The molecular weight excluding hydrogens is 244 g/mol. The van der Waals surface area contributed by atoms with Crippen molar-refractivity contribution in [3.63, 3.8) is 0 Å². The van der Waals surface area contributed by atoms with Crippen molar-refractivity contribution < 1.29 is 9.52 Å². The maximum Gasteiger partial charge on any atom is 0.134 e. The van der Waals surface area contributed by atoms with E-state index >= 15 is 0 Å². The van der Waals surface area contributed by atoms with E-state index in [1.807, 2.05) is 42.6 Å². The summed E-state index contributed by atoms with van der Waals surface area (Å²) < 4.78 is 5.68. The Bertz CT molecular complexity index is 652. The van der Waals surface area contributed by atoms with Gasteiger partial charge in [0.05, 0.1) is 6.10 Å². The first-order valence-corrected chi connectivity index (χ1v) is 6.87. The second kappa shape index (κ2) is 4.59. The van der Waals surface area contributed by atoms with Crippen molar-refractivity contribution >= 4 is 22.3 Å². The van der Waals surface area contributed by atoms with E-state index < -0.39 is 6.10 Å². The van der Waals surface area contributed by atoms with Crippen molar-refractivity contribution in [1.82, 2.24) is 0 Å². The molecule has 2 nitrogen and oxygen atoms in total. The first kappa shape index (κ1) is 11.5. The average molecular weight is 258 g/mol. The Balaban J connectivity index is 2.00. The molecule has 0 spiro atoms. The van der Waals surface area contributed by atoms with Crippen molar-refractivity contribution in [2.75, 3.05) is 0 Å². The molecular formula is C15H14O2S. The minimum Gasteiger partial charge on any atom is -0.461 e. The van der Waals surface area contributed by atoms with Crippen LogP contribution >= 0.6 is 11.3 Å². The van der Waals surface area contributed by atoms with Crippen LogP contribution in [0.4, 0.5) is 0 Å². The topological polar surface area (TPSA) is 33.4 Å². The van der Waals surface area contributed by atoms with Gasteiger partial charge < -0.3 is 9.52 Å². The van der Waals surface area contributed by atoms with Crippen molar-refractivity contribution in [3.05, 3.63) is 58.0 Å². The van der Waals surface area contributed by atoms with Crippen LogP contribution < -0.4 is 0 Å². The van der Waals surface area contributed by atoms with E-state index in [0.29, 0.717) is 6.42 Å². The van der Waals surface area contributed by atoms with E-state index in [1.54, 1.807) is 11.3 Å². The van der Waals surface area contributed by atoms with Gasteiger partial charge in [-0.1, -0.05) is 18.2 Å². The van der Waals surface area contributed by atoms with Crippen LogP contribution in [-0.2, 0) is 6.42 Å². The normalized spacial score (nSPS) is 13.0. The van der Waals surface area contributed by atoms with Crippen molar-refractivity contribution in [1.29, 1.82) is 0 Å². The fraction of sp³-hybridized carbons (Fsp3) is 0.200. The Labute approximate surface area is 109 Å². The summed E-state index contributed by atoms with van der Waals surface area (Å²) in [5.41, 5.74) is 2.92. The van der Waals surface area contributed by atoms with E-state index in [4.69, 9.17) is 4.42 Å². The molecule has 0 aliphatic heterocycles. The summed E-state index contributed by atoms with van der Waals surface area (Å²) in [6.07, 6.45) is 0.122. The zero-order valence-corrected chi connectivity index (χ0v) is 10.9. The maximum atomic E-state index is 10.4. The third-order valence-electron chi connectivity index (χ3n) is 3.16. The van der Waals surface area contributed by atoms with Crippen LogP contribution in [0.15, 0.2) is 45.5 Å². The molecule has 0 amide bonds. The fourth-order valence-corrected chi connectivity index (χ4v) is 3.02. The van der Waals surface area contributed by atoms with Gasteiger partial charge in [0, 0.05) is 17.4 Å². The lowest BCUT2D eigenvalue weighted by Crippen LogP contribution is -2.01. The minimum atomic E-state index is -0.511. The third-order valence-corrected chi connectivity index (χ3v) is 3.89. The number of hydrogen-bond donors (Lipinski definition) is 1. The number of fused-ring (bicyclic) bond motifs is 1. The summed E-state index contributed by atoms with van der Waals surface area (Å²) in [5.74, 6) is 0.805. The van der Waals surface area contributed by atoms with Gasteiger partial charge >= 0.3 is 0 Å². The Morgan fingerprint density at radius 2 is 2.11 bits per heavy atom. The highest BCUT2D eigenvalue weighted by Crippen LogP contribution is 2.32. The summed E-state index contributed by atoms with van der Waals surface area (Å²) in [5, 5.41) is 15.5. The molecule has 2 heterocycles. The van der Waals surface area contributed by atoms with Crippen LogP contribution in [0.25, 0.3) is 11.0 Å². The number of rotatable bonds is 3. The van der Waals surface area contributed by atoms with E-state index in [9.17, 15) is 5.11 Å². The number of para-hydroxylation sites is 1. The van der Waals surface area contributed by atoms with Crippen molar-refractivity contribution in [2.24, 2.45) is 0 Å². The Morgan fingerprint density at radius 1 is 1.28 bits per heavy atom. The molecule has 0 aliphatic rings. The van der Waals surface area contributed by atoms with E-state index in [1.165, 1.54) is 0 Å². The number of thiophene rings is 1. The zero-order chi connectivity index (χ0) is 12.5. The molecule has 0 aliphatic carbocycles. The highest BCUT2D eigenvalue weighted by atomic mass is 32.1. The average Bonchev–Trinajstić information content (AvgIpc) is 2.94. The molecule has 0 saturated heterocycles. The number of aryl methyl sites for hydroxylation is 1. The van der Waals surface area contributed by atoms with Gasteiger partial charge in [0.25, 0.3) is 0 Å².